The lowest BCUT2D eigenvalue weighted by Gasteiger charge is -2.10. The highest BCUT2D eigenvalue weighted by molar-refractivity contribution is 7.84. The number of anilines is 3. The third-order valence-electron chi connectivity index (χ3n) is 4.17. The summed E-state index contributed by atoms with van der Waals surface area (Å²) in [6, 6.07) is 18.4. The Morgan fingerprint density at radius 1 is 0.879 bits per heavy atom. The van der Waals surface area contributed by atoms with Crippen molar-refractivity contribution in [3.8, 4) is 28.5 Å². The molecule has 2 aromatic carbocycles. The highest BCUT2D eigenvalue weighted by atomic mass is 35.5. The van der Waals surface area contributed by atoms with Gasteiger partial charge in [-0.15, -0.1) is 0 Å². The maximum atomic E-state index is 11.0. The van der Waals surface area contributed by atoms with Crippen LogP contribution >= 0.6 is 11.6 Å². The fraction of sp³-hybridized carbons (Fsp3) is 0. The predicted molar refractivity (Wildman–Crippen MR) is 125 cm³/mol. The van der Waals surface area contributed by atoms with Gasteiger partial charge in [0.05, 0.1) is 5.69 Å². The van der Waals surface area contributed by atoms with Crippen LogP contribution in [0.5, 0.6) is 17.2 Å². The number of benzene rings is 2. The van der Waals surface area contributed by atoms with Crippen molar-refractivity contribution in [2.24, 2.45) is 5.14 Å². The topological polar surface area (TPSA) is 155 Å². The molecular weight excluding hydrogens is 468 g/mol. The molecule has 12 heteroatoms. The van der Waals surface area contributed by atoms with Crippen LogP contribution < -0.4 is 25.1 Å². The molecule has 168 valence electrons. The van der Waals surface area contributed by atoms with Gasteiger partial charge in [0.1, 0.15) is 28.2 Å². The Morgan fingerprint density at radius 3 is 2.24 bits per heavy atom. The SMILES string of the molecule is Nc1nc(Nc2ccc(Oc3ccnc(Cl)c3)cc2)cc(-c2ccc(OS(N)(=O)=O)cc2)n1. The van der Waals surface area contributed by atoms with Crippen molar-refractivity contribution in [1.82, 2.24) is 15.0 Å². The average molecular weight is 485 g/mol. The van der Waals surface area contributed by atoms with E-state index in [2.05, 4.69) is 24.5 Å². The maximum Gasteiger partial charge on any atom is 0.380 e. The van der Waals surface area contributed by atoms with E-state index in [1.54, 1.807) is 48.7 Å². The van der Waals surface area contributed by atoms with E-state index in [1.165, 1.54) is 12.1 Å². The summed E-state index contributed by atoms with van der Waals surface area (Å²) in [5, 5.41) is 8.37. The van der Waals surface area contributed by atoms with E-state index in [-0.39, 0.29) is 11.7 Å². The maximum absolute atomic E-state index is 11.0. The zero-order valence-corrected chi connectivity index (χ0v) is 18.4. The highest BCUT2D eigenvalue weighted by Gasteiger charge is 2.09. The van der Waals surface area contributed by atoms with Gasteiger partial charge in [-0.2, -0.15) is 18.5 Å². The van der Waals surface area contributed by atoms with Crippen molar-refractivity contribution in [3.05, 3.63) is 78.1 Å². The minimum Gasteiger partial charge on any atom is -0.457 e. The zero-order valence-electron chi connectivity index (χ0n) is 16.8. The van der Waals surface area contributed by atoms with Crippen LogP contribution in [0.25, 0.3) is 11.3 Å². The second kappa shape index (κ2) is 9.28. The first kappa shape index (κ1) is 22.3. The number of nitrogen functional groups attached to an aromatic ring is 1. The summed E-state index contributed by atoms with van der Waals surface area (Å²) >= 11 is 5.87. The molecule has 0 saturated carbocycles. The van der Waals surface area contributed by atoms with Crippen molar-refractivity contribution in [1.29, 1.82) is 0 Å². The number of ether oxygens (including phenoxy) is 1. The van der Waals surface area contributed by atoms with Gasteiger partial charge in [0.15, 0.2) is 0 Å². The molecule has 0 unspecified atom stereocenters. The fourth-order valence-electron chi connectivity index (χ4n) is 2.83. The molecule has 0 radical (unpaired) electrons. The van der Waals surface area contributed by atoms with E-state index in [4.69, 9.17) is 27.2 Å². The van der Waals surface area contributed by atoms with Crippen molar-refractivity contribution < 1.29 is 17.3 Å². The summed E-state index contributed by atoms with van der Waals surface area (Å²) in [6.45, 7) is 0. The molecule has 0 aliphatic carbocycles. The molecule has 4 rings (SSSR count). The van der Waals surface area contributed by atoms with Crippen LogP contribution in [-0.4, -0.2) is 23.4 Å². The van der Waals surface area contributed by atoms with Crippen LogP contribution in [0.2, 0.25) is 5.15 Å². The monoisotopic (exact) mass is 484 g/mol. The Kier molecular flexibility index (Phi) is 6.27. The van der Waals surface area contributed by atoms with Gasteiger partial charge in [0.25, 0.3) is 0 Å². The number of hydrogen-bond acceptors (Lipinski definition) is 9. The van der Waals surface area contributed by atoms with Gasteiger partial charge >= 0.3 is 10.3 Å². The summed E-state index contributed by atoms with van der Waals surface area (Å²) in [5.41, 5.74) is 7.82. The van der Waals surface area contributed by atoms with E-state index in [0.717, 1.165) is 5.69 Å². The second-order valence-electron chi connectivity index (χ2n) is 6.66. The Balaban J connectivity index is 1.49. The summed E-state index contributed by atoms with van der Waals surface area (Å²) in [7, 11) is -4.10. The van der Waals surface area contributed by atoms with Gasteiger partial charge in [0, 0.05) is 29.6 Å². The standard InChI is InChI=1S/C21H17ClN6O4S/c22-19-11-17(9-10-25-19)31-15-7-3-14(4-8-15)26-20-12-18(27-21(23)28-20)13-1-5-16(6-2-13)32-33(24,29)30/h1-12H,(H2,24,29,30)(H3,23,26,27,28). The van der Waals surface area contributed by atoms with Gasteiger partial charge in [-0.25, -0.2) is 9.97 Å². The molecule has 0 amide bonds. The van der Waals surface area contributed by atoms with Crippen LogP contribution in [0, 0.1) is 0 Å². The lowest BCUT2D eigenvalue weighted by Crippen LogP contribution is -2.18. The molecule has 33 heavy (non-hydrogen) atoms. The molecule has 0 spiro atoms. The van der Waals surface area contributed by atoms with Gasteiger partial charge in [-0.05, 0) is 54.6 Å². The highest BCUT2D eigenvalue weighted by Crippen LogP contribution is 2.27. The lowest BCUT2D eigenvalue weighted by atomic mass is 10.1. The molecule has 0 saturated heterocycles. The largest absolute Gasteiger partial charge is 0.457 e. The quantitative estimate of drug-likeness (QED) is 0.331. The number of hydrogen-bond donors (Lipinski definition) is 3. The Labute approximate surface area is 194 Å². The van der Waals surface area contributed by atoms with Crippen molar-refractivity contribution in [2.75, 3.05) is 11.1 Å². The lowest BCUT2D eigenvalue weighted by molar-refractivity contribution is 0.482. The number of nitrogens with zero attached hydrogens (tertiary/aromatic N) is 3. The molecule has 0 aliphatic rings. The normalized spacial score (nSPS) is 11.1. The first-order chi connectivity index (χ1) is 15.7. The minimum atomic E-state index is -4.10. The number of nitrogens with one attached hydrogen (secondary N) is 1. The molecule has 0 fully saturated rings. The van der Waals surface area contributed by atoms with Gasteiger partial charge in [0.2, 0.25) is 5.95 Å². The summed E-state index contributed by atoms with van der Waals surface area (Å²) in [6.07, 6.45) is 1.56. The first-order valence-electron chi connectivity index (χ1n) is 9.37. The van der Waals surface area contributed by atoms with E-state index in [0.29, 0.717) is 33.7 Å². The van der Waals surface area contributed by atoms with Crippen molar-refractivity contribution >= 4 is 39.4 Å². The number of aromatic nitrogens is 3. The number of rotatable bonds is 7. The van der Waals surface area contributed by atoms with E-state index < -0.39 is 10.3 Å². The van der Waals surface area contributed by atoms with Crippen LogP contribution in [-0.2, 0) is 10.3 Å². The molecule has 0 atom stereocenters. The molecule has 0 bridgehead atoms. The van der Waals surface area contributed by atoms with Crippen LogP contribution in [0.3, 0.4) is 0 Å². The molecule has 0 aliphatic heterocycles. The molecular formula is C21H17ClN6O4S. The number of halogens is 1. The van der Waals surface area contributed by atoms with Crippen LogP contribution in [0.4, 0.5) is 17.5 Å². The summed E-state index contributed by atoms with van der Waals surface area (Å²) in [5.74, 6) is 1.81. The predicted octanol–water partition coefficient (Wildman–Crippen LogP) is 3.89. The van der Waals surface area contributed by atoms with Crippen molar-refractivity contribution in [2.45, 2.75) is 0 Å². The Bertz CT molecular complexity index is 1380. The minimum absolute atomic E-state index is 0.0642. The van der Waals surface area contributed by atoms with Gasteiger partial charge in [-0.1, -0.05) is 11.6 Å². The smallest absolute Gasteiger partial charge is 0.380 e. The second-order valence-corrected chi connectivity index (χ2v) is 8.20. The van der Waals surface area contributed by atoms with Crippen LogP contribution in [0.1, 0.15) is 0 Å². The van der Waals surface area contributed by atoms with Crippen LogP contribution in [0.15, 0.2) is 72.9 Å². The Morgan fingerprint density at radius 2 is 1.58 bits per heavy atom. The molecule has 2 aromatic heterocycles. The molecule has 5 N–H and O–H groups in total. The Hall–Kier alpha value is -3.93. The fourth-order valence-corrected chi connectivity index (χ4v) is 3.37. The third kappa shape index (κ3) is 6.29. The summed E-state index contributed by atoms with van der Waals surface area (Å²) < 4.78 is 32.5. The number of pyridine rings is 1. The first-order valence-corrected chi connectivity index (χ1v) is 11.2. The van der Waals surface area contributed by atoms with Crippen molar-refractivity contribution in [3.63, 3.8) is 0 Å². The molecule has 2 heterocycles. The van der Waals surface area contributed by atoms with Gasteiger partial charge in [-0.3, -0.25) is 0 Å². The van der Waals surface area contributed by atoms with E-state index in [9.17, 15) is 8.42 Å². The van der Waals surface area contributed by atoms with E-state index in [1.807, 2.05) is 12.1 Å². The molecule has 4 aromatic rings. The summed E-state index contributed by atoms with van der Waals surface area (Å²) in [4.78, 5) is 12.3. The third-order valence-corrected chi connectivity index (χ3v) is 4.80. The average Bonchev–Trinajstić information content (AvgIpc) is 2.74. The number of nitrogens with two attached hydrogens (primary N) is 2. The molecule has 10 nitrogen and oxygen atoms in total. The van der Waals surface area contributed by atoms with E-state index >= 15 is 0 Å². The van der Waals surface area contributed by atoms with Gasteiger partial charge < -0.3 is 20.0 Å². The zero-order chi connectivity index (χ0) is 23.4.